The van der Waals surface area contributed by atoms with Crippen molar-refractivity contribution >= 4 is 37.8 Å². The second kappa shape index (κ2) is 6.28. The topological polar surface area (TPSA) is 26.3 Å². The lowest BCUT2D eigenvalue weighted by Gasteiger charge is -2.07. The molecule has 0 amide bonds. The zero-order chi connectivity index (χ0) is 11.3. The molecule has 1 aromatic rings. The molecule has 0 N–H and O–H groups in total. The van der Waals surface area contributed by atoms with Gasteiger partial charge < -0.3 is 4.74 Å². The predicted octanol–water partition coefficient (Wildman–Crippen LogP) is 4.31. The van der Waals surface area contributed by atoms with Gasteiger partial charge in [-0.15, -0.1) is 0 Å². The van der Waals surface area contributed by atoms with Crippen molar-refractivity contribution in [1.82, 2.24) is 0 Å². The smallest absolute Gasteiger partial charge is 0.311 e. The summed E-state index contributed by atoms with van der Waals surface area (Å²) in [5.74, 6) is 0.364. The van der Waals surface area contributed by atoms with Crippen LogP contribution in [0.5, 0.6) is 5.75 Å². The fourth-order valence-electron chi connectivity index (χ4n) is 1.07. The molecule has 0 unspecified atom stereocenters. The van der Waals surface area contributed by atoms with E-state index in [-0.39, 0.29) is 5.97 Å². The molecular weight excluding hydrogens is 324 g/mol. The largest absolute Gasteiger partial charge is 0.424 e. The van der Waals surface area contributed by atoms with Crippen molar-refractivity contribution in [3.8, 4) is 5.75 Å². The number of benzene rings is 1. The summed E-state index contributed by atoms with van der Waals surface area (Å²) in [7, 11) is 0. The molecule has 0 fully saturated rings. The van der Waals surface area contributed by atoms with Gasteiger partial charge in [-0.25, -0.2) is 0 Å². The van der Waals surface area contributed by atoms with E-state index in [1.165, 1.54) is 0 Å². The second-order valence-electron chi connectivity index (χ2n) is 3.13. The number of para-hydroxylation sites is 1. The minimum Gasteiger partial charge on any atom is -0.424 e. The maximum atomic E-state index is 11.4. The minimum absolute atomic E-state index is 0.190. The normalized spacial score (nSPS) is 10.1. The van der Waals surface area contributed by atoms with E-state index in [0.717, 1.165) is 21.8 Å². The Hall–Kier alpha value is -0.350. The number of unbranched alkanes of at least 4 members (excludes halogenated alkanes) is 1. The van der Waals surface area contributed by atoms with Crippen LogP contribution in [0.4, 0.5) is 0 Å². The second-order valence-corrected chi connectivity index (χ2v) is 4.84. The Kier molecular flexibility index (Phi) is 5.32. The van der Waals surface area contributed by atoms with Crippen molar-refractivity contribution in [2.75, 3.05) is 0 Å². The minimum atomic E-state index is -0.190. The first-order valence-corrected chi connectivity index (χ1v) is 6.38. The number of hydrogen-bond acceptors (Lipinski definition) is 2. The lowest BCUT2D eigenvalue weighted by atomic mass is 10.2. The summed E-state index contributed by atoms with van der Waals surface area (Å²) >= 11 is 6.67. The number of rotatable bonds is 4. The van der Waals surface area contributed by atoms with E-state index in [2.05, 4.69) is 31.9 Å². The summed E-state index contributed by atoms with van der Waals surface area (Å²) in [5.41, 5.74) is 0. The van der Waals surface area contributed by atoms with Gasteiger partial charge in [0.25, 0.3) is 0 Å². The number of esters is 1. The molecule has 1 rings (SSSR count). The van der Waals surface area contributed by atoms with Crippen LogP contribution in [-0.2, 0) is 4.79 Å². The Morgan fingerprint density at radius 2 is 1.93 bits per heavy atom. The van der Waals surface area contributed by atoms with Crippen LogP contribution in [-0.4, -0.2) is 5.97 Å². The summed E-state index contributed by atoms with van der Waals surface area (Å²) in [6, 6.07) is 5.55. The van der Waals surface area contributed by atoms with Crippen molar-refractivity contribution in [3.05, 3.63) is 27.1 Å². The molecule has 2 nitrogen and oxygen atoms in total. The van der Waals surface area contributed by atoms with Gasteiger partial charge in [0, 0.05) is 6.42 Å². The molecule has 0 saturated heterocycles. The van der Waals surface area contributed by atoms with E-state index in [9.17, 15) is 4.79 Å². The molecule has 1 aromatic carbocycles. The van der Waals surface area contributed by atoms with Gasteiger partial charge in [-0.3, -0.25) is 4.79 Å². The van der Waals surface area contributed by atoms with Gasteiger partial charge in [-0.05, 0) is 50.4 Å². The lowest BCUT2D eigenvalue weighted by Crippen LogP contribution is -2.08. The number of hydrogen-bond donors (Lipinski definition) is 0. The Morgan fingerprint density at radius 1 is 1.33 bits per heavy atom. The molecule has 0 aliphatic carbocycles. The van der Waals surface area contributed by atoms with Crippen molar-refractivity contribution in [1.29, 1.82) is 0 Å². The van der Waals surface area contributed by atoms with Gasteiger partial charge in [-0.1, -0.05) is 19.4 Å². The Labute approximate surface area is 106 Å². The highest BCUT2D eigenvalue weighted by atomic mass is 79.9. The Bertz CT molecular complexity index is 330. The van der Waals surface area contributed by atoms with Crippen LogP contribution >= 0.6 is 31.9 Å². The number of carbonyl (C=O) groups excluding carboxylic acids is 1. The van der Waals surface area contributed by atoms with E-state index in [0.29, 0.717) is 12.2 Å². The van der Waals surface area contributed by atoms with E-state index < -0.39 is 0 Å². The molecule has 0 aliphatic rings. The average Bonchev–Trinajstić information content (AvgIpc) is 2.21. The first kappa shape index (κ1) is 12.7. The number of carbonyl (C=O) groups is 1. The Balaban J connectivity index is 2.68. The highest BCUT2D eigenvalue weighted by Gasteiger charge is 2.10. The Morgan fingerprint density at radius 3 is 2.47 bits per heavy atom. The highest BCUT2D eigenvalue weighted by molar-refractivity contribution is 9.11. The zero-order valence-electron chi connectivity index (χ0n) is 8.43. The summed E-state index contributed by atoms with van der Waals surface area (Å²) in [4.78, 5) is 11.4. The van der Waals surface area contributed by atoms with Crippen LogP contribution in [0.1, 0.15) is 26.2 Å². The third-order valence-electron chi connectivity index (χ3n) is 1.87. The van der Waals surface area contributed by atoms with Crippen molar-refractivity contribution < 1.29 is 9.53 Å². The van der Waals surface area contributed by atoms with E-state index in [4.69, 9.17) is 4.74 Å². The monoisotopic (exact) mass is 334 g/mol. The first-order chi connectivity index (χ1) is 7.15. The van der Waals surface area contributed by atoms with Gasteiger partial charge in [-0.2, -0.15) is 0 Å². The fourth-order valence-corrected chi connectivity index (χ4v) is 2.23. The molecule has 0 aromatic heterocycles. The molecule has 0 radical (unpaired) electrons. The third-order valence-corrected chi connectivity index (χ3v) is 3.12. The predicted molar refractivity (Wildman–Crippen MR) is 67.0 cm³/mol. The number of halogens is 2. The average molecular weight is 336 g/mol. The van der Waals surface area contributed by atoms with Crippen LogP contribution in [0.15, 0.2) is 27.1 Å². The molecule has 0 atom stereocenters. The van der Waals surface area contributed by atoms with Gasteiger partial charge in [0.1, 0.15) is 0 Å². The van der Waals surface area contributed by atoms with Gasteiger partial charge in [0.2, 0.25) is 0 Å². The fraction of sp³-hybridized carbons (Fsp3) is 0.364. The van der Waals surface area contributed by atoms with Gasteiger partial charge >= 0.3 is 5.97 Å². The molecule has 0 aliphatic heterocycles. The molecular formula is C11H12Br2O2. The van der Waals surface area contributed by atoms with Crippen LogP contribution in [0.3, 0.4) is 0 Å². The zero-order valence-corrected chi connectivity index (χ0v) is 11.6. The van der Waals surface area contributed by atoms with Crippen molar-refractivity contribution in [3.63, 3.8) is 0 Å². The maximum absolute atomic E-state index is 11.4. The van der Waals surface area contributed by atoms with Crippen molar-refractivity contribution in [2.45, 2.75) is 26.2 Å². The van der Waals surface area contributed by atoms with E-state index in [1.54, 1.807) is 0 Å². The molecule has 0 saturated carbocycles. The van der Waals surface area contributed by atoms with Crippen LogP contribution in [0.2, 0.25) is 0 Å². The molecule has 15 heavy (non-hydrogen) atoms. The lowest BCUT2D eigenvalue weighted by molar-refractivity contribution is -0.134. The quantitative estimate of drug-likeness (QED) is 0.605. The summed E-state index contributed by atoms with van der Waals surface area (Å²) in [6.45, 7) is 2.04. The SMILES string of the molecule is CCCCC(=O)Oc1c(Br)cccc1Br. The molecule has 82 valence electrons. The van der Waals surface area contributed by atoms with Crippen LogP contribution < -0.4 is 4.74 Å². The summed E-state index contributed by atoms with van der Waals surface area (Å²) < 4.78 is 6.80. The van der Waals surface area contributed by atoms with Crippen molar-refractivity contribution in [2.24, 2.45) is 0 Å². The van der Waals surface area contributed by atoms with Gasteiger partial charge in [0.15, 0.2) is 5.75 Å². The first-order valence-electron chi connectivity index (χ1n) is 4.80. The molecule has 0 heterocycles. The van der Waals surface area contributed by atoms with E-state index in [1.807, 2.05) is 25.1 Å². The van der Waals surface area contributed by atoms with Gasteiger partial charge in [0.05, 0.1) is 8.95 Å². The highest BCUT2D eigenvalue weighted by Crippen LogP contribution is 2.33. The third kappa shape index (κ3) is 3.95. The summed E-state index contributed by atoms with van der Waals surface area (Å²) in [5, 5.41) is 0. The standard InChI is InChI=1S/C11H12Br2O2/c1-2-3-7-10(14)15-11-8(12)5-4-6-9(11)13/h4-6H,2-3,7H2,1H3. The van der Waals surface area contributed by atoms with Crippen LogP contribution in [0, 0.1) is 0 Å². The summed E-state index contributed by atoms with van der Waals surface area (Å²) in [6.07, 6.45) is 2.32. The maximum Gasteiger partial charge on any atom is 0.311 e. The molecule has 0 spiro atoms. The number of ether oxygens (including phenoxy) is 1. The van der Waals surface area contributed by atoms with Crippen LogP contribution in [0.25, 0.3) is 0 Å². The molecule has 0 bridgehead atoms. The molecule has 4 heteroatoms. The van der Waals surface area contributed by atoms with E-state index >= 15 is 0 Å².